The molecular formula is C17H15N3O2. The minimum atomic E-state index is -0.319. The number of hydrazone groups is 1. The van der Waals surface area contributed by atoms with Crippen molar-refractivity contribution in [3.63, 3.8) is 0 Å². The summed E-state index contributed by atoms with van der Waals surface area (Å²) in [6.07, 6.45) is 1.41. The molecule has 110 valence electrons. The van der Waals surface area contributed by atoms with Gasteiger partial charge in [-0.3, -0.25) is 4.79 Å². The summed E-state index contributed by atoms with van der Waals surface area (Å²) in [6.45, 7) is 1.89. The van der Waals surface area contributed by atoms with Crippen LogP contribution in [0.25, 0.3) is 10.9 Å². The number of H-pyrrole nitrogens is 1. The third-order valence-corrected chi connectivity index (χ3v) is 3.50. The molecule has 0 aliphatic heterocycles. The molecule has 5 heteroatoms. The van der Waals surface area contributed by atoms with Crippen molar-refractivity contribution in [1.29, 1.82) is 0 Å². The average Bonchev–Trinajstić information content (AvgIpc) is 2.87. The predicted octanol–water partition coefficient (Wildman–Crippen LogP) is 2.95. The molecule has 22 heavy (non-hydrogen) atoms. The highest BCUT2D eigenvalue weighted by Gasteiger charge is 2.13. The van der Waals surface area contributed by atoms with Crippen molar-refractivity contribution in [2.24, 2.45) is 5.10 Å². The number of carbonyl (C=O) groups excluding carboxylic acids is 1. The second-order valence-electron chi connectivity index (χ2n) is 4.93. The predicted molar refractivity (Wildman–Crippen MR) is 86.2 cm³/mol. The van der Waals surface area contributed by atoms with E-state index in [4.69, 9.17) is 0 Å². The van der Waals surface area contributed by atoms with E-state index in [9.17, 15) is 9.90 Å². The maximum atomic E-state index is 12.2. The average molecular weight is 293 g/mol. The lowest BCUT2D eigenvalue weighted by Crippen LogP contribution is -2.18. The Labute approximate surface area is 127 Å². The van der Waals surface area contributed by atoms with Crippen LogP contribution in [0.15, 0.2) is 53.6 Å². The van der Waals surface area contributed by atoms with Gasteiger partial charge in [0.2, 0.25) is 0 Å². The summed E-state index contributed by atoms with van der Waals surface area (Å²) in [4.78, 5) is 15.3. The number of benzene rings is 2. The Hall–Kier alpha value is -3.08. The van der Waals surface area contributed by atoms with Gasteiger partial charge in [-0.1, -0.05) is 30.3 Å². The molecule has 0 aliphatic rings. The van der Waals surface area contributed by atoms with Gasteiger partial charge in [0.25, 0.3) is 5.91 Å². The van der Waals surface area contributed by atoms with Crippen LogP contribution in [0.4, 0.5) is 0 Å². The first-order valence-electron chi connectivity index (χ1n) is 6.85. The van der Waals surface area contributed by atoms with Crippen molar-refractivity contribution in [3.05, 3.63) is 65.4 Å². The maximum Gasteiger partial charge on any atom is 0.288 e. The van der Waals surface area contributed by atoms with Crippen molar-refractivity contribution in [1.82, 2.24) is 10.4 Å². The van der Waals surface area contributed by atoms with Crippen LogP contribution < -0.4 is 5.43 Å². The molecule has 0 radical (unpaired) electrons. The minimum Gasteiger partial charge on any atom is -0.507 e. The smallest absolute Gasteiger partial charge is 0.288 e. The highest BCUT2D eigenvalue weighted by Crippen LogP contribution is 2.21. The third kappa shape index (κ3) is 2.56. The van der Waals surface area contributed by atoms with Crippen LogP contribution in [0.1, 0.15) is 21.6 Å². The van der Waals surface area contributed by atoms with Gasteiger partial charge in [0.1, 0.15) is 11.4 Å². The number of aromatic hydroxyl groups is 1. The molecule has 1 aromatic heterocycles. The summed E-state index contributed by atoms with van der Waals surface area (Å²) in [5.41, 5.74) is 5.28. The SMILES string of the molecule is Cc1c(C(=O)N/N=C/c2ccccc2O)[nH]c2ccccc12. The van der Waals surface area contributed by atoms with Crippen LogP contribution in [0.5, 0.6) is 5.75 Å². The van der Waals surface area contributed by atoms with E-state index >= 15 is 0 Å². The first-order chi connectivity index (χ1) is 10.7. The largest absolute Gasteiger partial charge is 0.507 e. The summed E-state index contributed by atoms with van der Waals surface area (Å²) in [6, 6.07) is 14.5. The van der Waals surface area contributed by atoms with E-state index in [0.29, 0.717) is 11.3 Å². The molecule has 0 fully saturated rings. The molecule has 1 heterocycles. The molecular weight excluding hydrogens is 278 g/mol. The summed E-state index contributed by atoms with van der Waals surface area (Å²) in [5.74, 6) is -0.206. The van der Waals surface area contributed by atoms with E-state index in [1.54, 1.807) is 24.3 Å². The van der Waals surface area contributed by atoms with Crippen LogP contribution in [-0.2, 0) is 0 Å². The van der Waals surface area contributed by atoms with Crippen molar-refractivity contribution in [2.45, 2.75) is 6.92 Å². The van der Waals surface area contributed by atoms with Crippen LogP contribution in [0.3, 0.4) is 0 Å². The lowest BCUT2D eigenvalue weighted by molar-refractivity contribution is 0.0950. The molecule has 2 aromatic carbocycles. The fourth-order valence-corrected chi connectivity index (χ4v) is 2.32. The van der Waals surface area contributed by atoms with Crippen molar-refractivity contribution in [3.8, 4) is 5.75 Å². The van der Waals surface area contributed by atoms with E-state index in [1.165, 1.54) is 6.21 Å². The first-order valence-corrected chi connectivity index (χ1v) is 6.85. The van der Waals surface area contributed by atoms with Gasteiger partial charge in [-0.05, 0) is 30.7 Å². The van der Waals surface area contributed by atoms with Gasteiger partial charge < -0.3 is 10.1 Å². The molecule has 3 N–H and O–H groups in total. The van der Waals surface area contributed by atoms with Crippen LogP contribution >= 0.6 is 0 Å². The van der Waals surface area contributed by atoms with Crippen molar-refractivity contribution >= 4 is 23.0 Å². The minimum absolute atomic E-state index is 0.113. The number of nitrogens with one attached hydrogen (secondary N) is 2. The molecule has 3 aromatic rings. The molecule has 0 atom stereocenters. The molecule has 3 rings (SSSR count). The molecule has 1 amide bonds. The van der Waals surface area contributed by atoms with Gasteiger partial charge in [-0.15, -0.1) is 0 Å². The zero-order valence-corrected chi connectivity index (χ0v) is 12.0. The van der Waals surface area contributed by atoms with E-state index in [1.807, 2.05) is 31.2 Å². The van der Waals surface area contributed by atoms with E-state index < -0.39 is 0 Å². The number of hydrogen-bond acceptors (Lipinski definition) is 3. The number of para-hydroxylation sites is 2. The van der Waals surface area contributed by atoms with E-state index in [2.05, 4.69) is 15.5 Å². The molecule has 0 spiro atoms. The molecule has 0 saturated heterocycles. The van der Waals surface area contributed by atoms with Gasteiger partial charge in [-0.25, -0.2) is 5.43 Å². The Kier molecular flexibility index (Phi) is 3.62. The number of hydrogen-bond donors (Lipinski definition) is 3. The fourth-order valence-electron chi connectivity index (χ4n) is 2.32. The number of carbonyl (C=O) groups is 1. The van der Waals surface area contributed by atoms with Crippen molar-refractivity contribution in [2.75, 3.05) is 0 Å². The molecule has 0 unspecified atom stereocenters. The van der Waals surface area contributed by atoms with E-state index in [0.717, 1.165) is 16.5 Å². The lowest BCUT2D eigenvalue weighted by Gasteiger charge is -2.00. The normalized spacial score (nSPS) is 11.1. The zero-order valence-electron chi connectivity index (χ0n) is 12.0. The Morgan fingerprint density at radius 1 is 1.18 bits per heavy atom. The second-order valence-corrected chi connectivity index (χ2v) is 4.93. The highest BCUT2D eigenvalue weighted by atomic mass is 16.3. The van der Waals surface area contributed by atoms with Crippen LogP contribution in [0, 0.1) is 6.92 Å². The first kappa shape index (κ1) is 13.9. The Morgan fingerprint density at radius 3 is 2.68 bits per heavy atom. The maximum absolute atomic E-state index is 12.2. The Balaban J connectivity index is 1.79. The van der Waals surface area contributed by atoms with Crippen LogP contribution in [-0.4, -0.2) is 22.2 Å². The number of amides is 1. The summed E-state index contributed by atoms with van der Waals surface area (Å²) < 4.78 is 0. The quantitative estimate of drug-likeness (QED) is 0.513. The van der Waals surface area contributed by atoms with Gasteiger partial charge in [-0.2, -0.15) is 5.10 Å². The summed E-state index contributed by atoms with van der Waals surface area (Å²) >= 11 is 0. The van der Waals surface area contributed by atoms with Gasteiger partial charge in [0, 0.05) is 16.5 Å². The number of rotatable bonds is 3. The highest BCUT2D eigenvalue weighted by molar-refractivity contribution is 6.01. The molecule has 0 aliphatic carbocycles. The Bertz CT molecular complexity index is 865. The topological polar surface area (TPSA) is 77.5 Å². The van der Waals surface area contributed by atoms with Gasteiger partial charge >= 0.3 is 0 Å². The van der Waals surface area contributed by atoms with Crippen molar-refractivity contribution < 1.29 is 9.90 Å². The number of aromatic amines is 1. The van der Waals surface area contributed by atoms with Gasteiger partial charge in [0.15, 0.2) is 0 Å². The number of phenolic OH excluding ortho intramolecular Hbond substituents is 1. The lowest BCUT2D eigenvalue weighted by atomic mass is 10.1. The Morgan fingerprint density at radius 2 is 1.91 bits per heavy atom. The third-order valence-electron chi connectivity index (χ3n) is 3.50. The number of aryl methyl sites for hydroxylation is 1. The molecule has 5 nitrogen and oxygen atoms in total. The molecule has 0 saturated carbocycles. The summed E-state index contributed by atoms with van der Waals surface area (Å²) in [5, 5.41) is 14.5. The zero-order chi connectivity index (χ0) is 15.5. The summed E-state index contributed by atoms with van der Waals surface area (Å²) in [7, 11) is 0. The monoisotopic (exact) mass is 293 g/mol. The number of aromatic nitrogens is 1. The van der Waals surface area contributed by atoms with Gasteiger partial charge in [0.05, 0.1) is 6.21 Å². The van der Waals surface area contributed by atoms with E-state index in [-0.39, 0.29) is 11.7 Å². The fraction of sp³-hybridized carbons (Fsp3) is 0.0588. The number of phenols is 1. The number of nitrogens with zero attached hydrogens (tertiary/aromatic N) is 1. The van der Waals surface area contributed by atoms with Crippen LogP contribution in [0.2, 0.25) is 0 Å². The molecule has 0 bridgehead atoms. The number of fused-ring (bicyclic) bond motifs is 1. The second kappa shape index (κ2) is 5.73. The standard InChI is InChI=1S/C17H15N3O2/c1-11-13-7-3-4-8-14(13)19-16(11)17(22)20-18-10-12-6-2-5-9-15(12)21/h2-10,19,21H,1H3,(H,20,22)/b18-10+.